The van der Waals surface area contributed by atoms with Gasteiger partial charge < -0.3 is 4.74 Å². The van der Waals surface area contributed by atoms with E-state index in [-0.39, 0.29) is 6.23 Å². The van der Waals surface area contributed by atoms with Crippen molar-refractivity contribution in [1.29, 1.82) is 0 Å². The molecule has 82 valence electrons. The van der Waals surface area contributed by atoms with Gasteiger partial charge in [0, 0.05) is 18.6 Å². The number of hydrogen-bond donors (Lipinski definition) is 1. The molecule has 2 rings (SSSR count). The summed E-state index contributed by atoms with van der Waals surface area (Å²) in [5.74, 6) is 0. The van der Waals surface area contributed by atoms with Gasteiger partial charge in [0.2, 0.25) is 0 Å². The molecule has 0 aliphatic carbocycles. The van der Waals surface area contributed by atoms with E-state index in [0.717, 1.165) is 13.2 Å². The molecule has 0 aromatic rings. The summed E-state index contributed by atoms with van der Waals surface area (Å²) in [6.07, 6.45) is 4.28. The van der Waals surface area contributed by atoms with Gasteiger partial charge in [0.05, 0.1) is 6.61 Å². The molecule has 3 heteroatoms. The Balaban J connectivity index is 1.98. The lowest BCUT2D eigenvalue weighted by atomic mass is 9.99. The van der Waals surface area contributed by atoms with Crippen molar-refractivity contribution in [1.82, 2.24) is 10.2 Å². The number of hydrogen-bond acceptors (Lipinski definition) is 3. The summed E-state index contributed by atoms with van der Waals surface area (Å²) < 4.78 is 5.72. The second-order valence-corrected chi connectivity index (χ2v) is 4.64. The van der Waals surface area contributed by atoms with E-state index in [1.54, 1.807) is 0 Å². The van der Waals surface area contributed by atoms with Crippen LogP contribution in [0.25, 0.3) is 0 Å². The molecule has 0 saturated carbocycles. The van der Waals surface area contributed by atoms with Gasteiger partial charge in [0.25, 0.3) is 0 Å². The molecule has 0 aromatic heterocycles. The van der Waals surface area contributed by atoms with Crippen LogP contribution in [0, 0.1) is 0 Å². The molecule has 3 nitrogen and oxygen atoms in total. The molecule has 0 radical (unpaired) electrons. The molecular formula is C11H22N2O. The van der Waals surface area contributed by atoms with E-state index in [9.17, 15) is 0 Å². The fourth-order valence-corrected chi connectivity index (χ4v) is 2.64. The molecule has 2 aliphatic rings. The highest BCUT2D eigenvalue weighted by Gasteiger charge is 2.33. The van der Waals surface area contributed by atoms with Crippen LogP contribution in [0.2, 0.25) is 0 Å². The van der Waals surface area contributed by atoms with Crippen LogP contribution in [-0.4, -0.2) is 42.9 Å². The Bertz CT molecular complexity index is 178. The third kappa shape index (κ3) is 2.10. The first-order valence-corrected chi connectivity index (χ1v) is 5.90. The summed E-state index contributed by atoms with van der Waals surface area (Å²) in [4.78, 5) is 2.59. The normalized spacial score (nSPS) is 35.4. The van der Waals surface area contributed by atoms with Crippen molar-refractivity contribution >= 4 is 0 Å². The summed E-state index contributed by atoms with van der Waals surface area (Å²) in [5.41, 5.74) is 0. The first-order chi connectivity index (χ1) is 6.79. The minimum absolute atomic E-state index is 0.290. The first kappa shape index (κ1) is 10.4. The molecule has 2 atom stereocenters. The number of piperidine rings is 1. The van der Waals surface area contributed by atoms with Crippen LogP contribution in [0.1, 0.15) is 33.1 Å². The van der Waals surface area contributed by atoms with E-state index in [0.29, 0.717) is 12.1 Å². The fourth-order valence-electron chi connectivity index (χ4n) is 2.64. The van der Waals surface area contributed by atoms with E-state index >= 15 is 0 Å². The molecular weight excluding hydrogens is 176 g/mol. The second-order valence-electron chi connectivity index (χ2n) is 4.64. The number of nitrogens with zero attached hydrogens (tertiary/aromatic N) is 1. The maximum absolute atomic E-state index is 5.72. The Hall–Kier alpha value is -0.120. The van der Waals surface area contributed by atoms with Gasteiger partial charge in [-0.15, -0.1) is 0 Å². The van der Waals surface area contributed by atoms with Gasteiger partial charge in [-0.1, -0.05) is 6.42 Å². The van der Waals surface area contributed by atoms with Crippen LogP contribution in [0.5, 0.6) is 0 Å². The van der Waals surface area contributed by atoms with E-state index in [4.69, 9.17) is 4.74 Å². The largest absolute Gasteiger partial charge is 0.360 e. The lowest BCUT2D eigenvalue weighted by Gasteiger charge is -2.41. The van der Waals surface area contributed by atoms with Gasteiger partial charge in [-0.3, -0.25) is 10.2 Å². The van der Waals surface area contributed by atoms with Gasteiger partial charge in [0.15, 0.2) is 0 Å². The number of rotatable bonds is 2. The minimum atomic E-state index is 0.290. The Morgan fingerprint density at radius 2 is 2.21 bits per heavy atom. The van der Waals surface area contributed by atoms with Crippen LogP contribution < -0.4 is 5.32 Å². The van der Waals surface area contributed by atoms with Crippen LogP contribution in [0.3, 0.4) is 0 Å². The lowest BCUT2D eigenvalue weighted by Crippen LogP contribution is -2.53. The summed E-state index contributed by atoms with van der Waals surface area (Å²) in [6.45, 7) is 7.71. The Kier molecular flexibility index (Phi) is 3.42. The minimum Gasteiger partial charge on any atom is -0.360 e. The highest BCUT2D eigenvalue weighted by molar-refractivity contribution is 4.86. The molecule has 1 N–H and O–H groups in total. The topological polar surface area (TPSA) is 24.5 Å². The van der Waals surface area contributed by atoms with Gasteiger partial charge in [-0.05, 0) is 33.2 Å². The maximum Gasteiger partial charge on any atom is 0.123 e. The highest BCUT2D eigenvalue weighted by Crippen LogP contribution is 2.23. The quantitative estimate of drug-likeness (QED) is 0.721. The van der Waals surface area contributed by atoms with Gasteiger partial charge >= 0.3 is 0 Å². The highest BCUT2D eigenvalue weighted by atomic mass is 16.5. The predicted octanol–water partition coefficient (Wildman–Crippen LogP) is 1.20. The Morgan fingerprint density at radius 1 is 1.36 bits per heavy atom. The maximum atomic E-state index is 5.72. The van der Waals surface area contributed by atoms with E-state index in [1.807, 2.05) is 0 Å². The zero-order valence-electron chi connectivity index (χ0n) is 9.33. The molecule has 2 unspecified atom stereocenters. The zero-order valence-corrected chi connectivity index (χ0v) is 9.33. The van der Waals surface area contributed by atoms with E-state index in [2.05, 4.69) is 24.1 Å². The van der Waals surface area contributed by atoms with Crippen molar-refractivity contribution in [2.24, 2.45) is 0 Å². The first-order valence-electron chi connectivity index (χ1n) is 5.90. The van der Waals surface area contributed by atoms with E-state index in [1.165, 1.54) is 25.8 Å². The fraction of sp³-hybridized carbons (Fsp3) is 1.00. The predicted molar refractivity (Wildman–Crippen MR) is 57.2 cm³/mol. The summed E-state index contributed by atoms with van der Waals surface area (Å²) >= 11 is 0. The average Bonchev–Trinajstić information content (AvgIpc) is 2.70. The summed E-state index contributed by atoms with van der Waals surface area (Å²) in [7, 11) is 0. The zero-order chi connectivity index (χ0) is 9.97. The molecule has 2 saturated heterocycles. The molecule has 0 bridgehead atoms. The molecule has 2 aliphatic heterocycles. The third-order valence-corrected chi connectivity index (χ3v) is 3.35. The van der Waals surface area contributed by atoms with Gasteiger partial charge in [-0.2, -0.15) is 0 Å². The van der Waals surface area contributed by atoms with Crippen LogP contribution in [0.15, 0.2) is 0 Å². The van der Waals surface area contributed by atoms with Crippen molar-refractivity contribution in [3.05, 3.63) is 0 Å². The van der Waals surface area contributed by atoms with Crippen molar-refractivity contribution < 1.29 is 4.74 Å². The van der Waals surface area contributed by atoms with Crippen LogP contribution in [0.4, 0.5) is 0 Å². The number of nitrogens with one attached hydrogen (secondary N) is 1. The summed E-state index contributed by atoms with van der Waals surface area (Å²) in [6, 6.07) is 1.25. The summed E-state index contributed by atoms with van der Waals surface area (Å²) in [5, 5.41) is 3.45. The Morgan fingerprint density at radius 3 is 2.86 bits per heavy atom. The molecule has 0 amide bonds. The molecule has 0 spiro atoms. The second kappa shape index (κ2) is 4.60. The molecule has 0 aromatic carbocycles. The average molecular weight is 198 g/mol. The van der Waals surface area contributed by atoms with Crippen molar-refractivity contribution in [2.45, 2.75) is 51.4 Å². The number of likely N-dealkylation sites (tertiary alicyclic amines) is 1. The monoisotopic (exact) mass is 198 g/mol. The van der Waals surface area contributed by atoms with Gasteiger partial charge in [0.1, 0.15) is 6.23 Å². The van der Waals surface area contributed by atoms with E-state index < -0.39 is 0 Å². The third-order valence-electron chi connectivity index (χ3n) is 3.35. The Labute approximate surface area is 86.8 Å². The molecule has 2 fully saturated rings. The van der Waals surface area contributed by atoms with Crippen molar-refractivity contribution in [3.8, 4) is 0 Å². The molecule has 14 heavy (non-hydrogen) atoms. The van der Waals surface area contributed by atoms with Crippen LogP contribution in [-0.2, 0) is 4.74 Å². The van der Waals surface area contributed by atoms with Crippen molar-refractivity contribution in [3.63, 3.8) is 0 Å². The van der Waals surface area contributed by atoms with Crippen molar-refractivity contribution in [2.75, 3.05) is 19.7 Å². The SMILES string of the molecule is CC(C)N1CCCCC1C1NCCO1. The molecule has 2 heterocycles. The van der Waals surface area contributed by atoms with Gasteiger partial charge in [-0.25, -0.2) is 0 Å². The number of ether oxygens (including phenoxy) is 1. The standard InChI is InChI=1S/C11H22N2O/c1-9(2)13-7-4-3-5-10(13)11-12-6-8-14-11/h9-12H,3-8H2,1-2H3. The van der Waals surface area contributed by atoms with Crippen LogP contribution >= 0.6 is 0 Å². The smallest absolute Gasteiger partial charge is 0.123 e. The lowest BCUT2D eigenvalue weighted by molar-refractivity contribution is -0.0159.